The summed E-state index contributed by atoms with van der Waals surface area (Å²) < 4.78 is 11.4. The van der Waals surface area contributed by atoms with Crippen molar-refractivity contribution >= 4 is 5.69 Å². The third-order valence-corrected chi connectivity index (χ3v) is 3.28. The van der Waals surface area contributed by atoms with Gasteiger partial charge in [0.15, 0.2) is 11.5 Å². The molecule has 0 aliphatic rings. The fourth-order valence-electron chi connectivity index (χ4n) is 2.22. The minimum absolute atomic E-state index is 0.636. The van der Waals surface area contributed by atoms with Crippen molar-refractivity contribution in [2.75, 3.05) is 18.5 Å². The molecule has 3 heteroatoms. The van der Waals surface area contributed by atoms with Gasteiger partial charge < -0.3 is 14.8 Å². The Morgan fingerprint density at radius 1 is 0.955 bits per heavy atom. The molecule has 0 fully saturated rings. The van der Waals surface area contributed by atoms with E-state index in [-0.39, 0.29) is 0 Å². The summed E-state index contributed by atoms with van der Waals surface area (Å²) >= 11 is 0. The fraction of sp³-hybridized carbons (Fsp3) is 0.368. The third kappa shape index (κ3) is 4.69. The Labute approximate surface area is 133 Å². The normalized spacial score (nSPS) is 10.3. The van der Waals surface area contributed by atoms with Crippen molar-refractivity contribution in [2.45, 2.75) is 33.7 Å². The van der Waals surface area contributed by atoms with Gasteiger partial charge in [0.05, 0.1) is 13.2 Å². The first kappa shape index (κ1) is 16.2. The van der Waals surface area contributed by atoms with Gasteiger partial charge in [-0.3, -0.25) is 0 Å². The lowest BCUT2D eigenvalue weighted by molar-refractivity contribution is 0.276. The average Bonchev–Trinajstić information content (AvgIpc) is 2.52. The van der Waals surface area contributed by atoms with Gasteiger partial charge in [-0.05, 0) is 55.7 Å². The molecule has 0 spiro atoms. The van der Waals surface area contributed by atoms with E-state index in [1.54, 1.807) is 0 Å². The van der Waals surface area contributed by atoms with Crippen LogP contribution in [0.25, 0.3) is 0 Å². The maximum atomic E-state index is 5.73. The molecule has 0 aliphatic carbocycles. The van der Waals surface area contributed by atoms with Crippen molar-refractivity contribution in [3.05, 3.63) is 53.6 Å². The molecule has 0 aromatic heterocycles. The first-order valence-corrected chi connectivity index (χ1v) is 7.92. The zero-order chi connectivity index (χ0) is 15.8. The van der Waals surface area contributed by atoms with E-state index >= 15 is 0 Å². The smallest absolute Gasteiger partial charge is 0.161 e. The van der Waals surface area contributed by atoms with E-state index < -0.39 is 0 Å². The zero-order valence-corrected chi connectivity index (χ0v) is 13.7. The molecule has 22 heavy (non-hydrogen) atoms. The number of ether oxygens (including phenoxy) is 2. The molecule has 0 saturated carbocycles. The molecule has 3 nitrogen and oxygen atoms in total. The highest BCUT2D eigenvalue weighted by atomic mass is 16.5. The molecule has 0 amide bonds. The first-order chi connectivity index (χ1) is 10.7. The monoisotopic (exact) mass is 299 g/mol. The number of nitrogens with one attached hydrogen (secondary N) is 1. The molecule has 0 unspecified atom stereocenters. The molecule has 0 aliphatic heterocycles. The van der Waals surface area contributed by atoms with Gasteiger partial charge >= 0.3 is 0 Å². The summed E-state index contributed by atoms with van der Waals surface area (Å²) in [7, 11) is 0. The van der Waals surface area contributed by atoms with Crippen molar-refractivity contribution < 1.29 is 9.47 Å². The maximum Gasteiger partial charge on any atom is 0.161 e. The number of benzene rings is 2. The molecule has 0 radical (unpaired) electrons. The summed E-state index contributed by atoms with van der Waals surface area (Å²) in [6.07, 6.45) is 0.988. The lowest BCUT2D eigenvalue weighted by atomic mass is 10.2. The number of anilines is 1. The van der Waals surface area contributed by atoms with Gasteiger partial charge in [0.2, 0.25) is 0 Å². The van der Waals surface area contributed by atoms with Gasteiger partial charge in [0, 0.05) is 12.2 Å². The van der Waals surface area contributed by atoms with Gasteiger partial charge in [0.1, 0.15) is 0 Å². The number of aryl methyl sites for hydroxylation is 1. The van der Waals surface area contributed by atoms with Gasteiger partial charge in [-0.15, -0.1) is 0 Å². The van der Waals surface area contributed by atoms with E-state index in [2.05, 4.69) is 55.6 Å². The zero-order valence-electron chi connectivity index (χ0n) is 13.7. The highest BCUT2D eigenvalue weighted by Crippen LogP contribution is 2.29. The third-order valence-electron chi connectivity index (χ3n) is 3.28. The van der Waals surface area contributed by atoms with E-state index in [1.165, 1.54) is 11.1 Å². The summed E-state index contributed by atoms with van der Waals surface area (Å²) in [5.74, 6) is 1.64. The van der Waals surface area contributed by atoms with Crippen LogP contribution < -0.4 is 14.8 Å². The van der Waals surface area contributed by atoms with Gasteiger partial charge in [0.25, 0.3) is 0 Å². The van der Waals surface area contributed by atoms with Crippen molar-refractivity contribution in [1.29, 1.82) is 0 Å². The van der Waals surface area contributed by atoms with Crippen molar-refractivity contribution in [1.82, 2.24) is 0 Å². The summed E-state index contributed by atoms with van der Waals surface area (Å²) in [6, 6.07) is 14.5. The van der Waals surface area contributed by atoms with E-state index in [0.29, 0.717) is 13.2 Å². The molecular formula is C19H25NO2. The second-order valence-corrected chi connectivity index (χ2v) is 5.29. The quantitative estimate of drug-likeness (QED) is 0.760. The summed E-state index contributed by atoms with van der Waals surface area (Å²) in [4.78, 5) is 0. The molecule has 0 bridgehead atoms. The maximum absolute atomic E-state index is 5.73. The fourth-order valence-corrected chi connectivity index (χ4v) is 2.22. The Balaban J connectivity index is 2.05. The van der Waals surface area contributed by atoms with Gasteiger partial charge in [-0.1, -0.05) is 25.1 Å². The summed E-state index contributed by atoms with van der Waals surface area (Å²) in [5.41, 5.74) is 3.56. The molecular weight excluding hydrogens is 274 g/mol. The second-order valence-electron chi connectivity index (χ2n) is 5.29. The van der Waals surface area contributed by atoms with Crippen molar-refractivity contribution in [2.24, 2.45) is 0 Å². The van der Waals surface area contributed by atoms with Crippen LogP contribution in [0.3, 0.4) is 0 Å². The topological polar surface area (TPSA) is 30.5 Å². The number of hydrogen-bond acceptors (Lipinski definition) is 3. The van der Waals surface area contributed by atoms with E-state index in [0.717, 1.165) is 30.2 Å². The Kier molecular flexibility index (Phi) is 6.13. The summed E-state index contributed by atoms with van der Waals surface area (Å²) in [6.45, 7) is 8.29. The van der Waals surface area contributed by atoms with Crippen LogP contribution in [0.15, 0.2) is 42.5 Å². The molecule has 2 aromatic carbocycles. The molecule has 2 rings (SSSR count). The SMILES string of the molecule is CCCOc1ccc(CNc2cccc(C)c2)cc1OCC. The van der Waals surface area contributed by atoms with Crippen molar-refractivity contribution in [3.8, 4) is 11.5 Å². The minimum atomic E-state index is 0.636. The predicted molar refractivity (Wildman–Crippen MR) is 91.9 cm³/mol. The highest BCUT2D eigenvalue weighted by Gasteiger charge is 2.06. The highest BCUT2D eigenvalue weighted by molar-refractivity contribution is 5.48. The average molecular weight is 299 g/mol. The Hall–Kier alpha value is -2.16. The van der Waals surface area contributed by atoms with Crippen LogP contribution in [-0.2, 0) is 6.54 Å². The first-order valence-electron chi connectivity index (χ1n) is 7.92. The van der Waals surface area contributed by atoms with E-state index in [4.69, 9.17) is 9.47 Å². The number of hydrogen-bond donors (Lipinski definition) is 1. The molecule has 0 heterocycles. The van der Waals surface area contributed by atoms with E-state index in [1.807, 2.05) is 13.0 Å². The van der Waals surface area contributed by atoms with Crippen molar-refractivity contribution in [3.63, 3.8) is 0 Å². The molecule has 1 N–H and O–H groups in total. The van der Waals surface area contributed by atoms with E-state index in [9.17, 15) is 0 Å². The lowest BCUT2D eigenvalue weighted by Gasteiger charge is -2.14. The molecule has 0 atom stereocenters. The minimum Gasteiger partial charge on any atom is -0.490 e. The predicted octanol–water partition coefficient (Wildman–Crippen LogP) is 4.79. The van der Waals surface area contributed by atoms with Crippen LogP contribution in [0.2, 0.25) is 0 Å². The van der Waals surface area contributed by atoms with Crippen LogP contribution in [0, 0.1) is 6.92 Å². The van der Waals surface area contributed by atoms with Crippen LogP contribution in [0.5, 0.6) is 11.5 Å². The number of rotatable bonds is 8. The van der Waals surface area contributed by atoms with Crippen LogP contribution in [0.4, 0.5) is 5.69 Å². The second kappa shape index (κ2) is 8.32. The van der Waals surface area contributed by atoms with Gasteiger partial charge in [-0.2, -0.15) is 0 Å². The van der Waals surface area contributed by atoms with Crippen LogP contribution >= 0.6 is 0 Å². The molecule has 118 valence electrons. The Morgan fingerprint density at radius 2 is 1.82 bits per heavy atom. The largest absolute Gasteiger partial charge is 0.490 e. The van der Waals surface area contributed by atoms with Crippen LogP contribution in [0.1, 0.15) is 31.4 Å². The van der Waals surface area contributed by atoms with Gasteiger partial charge in [-0.25, -0.2) is 0 Å². The standard InChI is InChI=1S/C19H25NO2/c1-4-11-22-18-10-9-16(13-19(18)21-5-2)14-20-17-8-6-7-15(3)12-17/h6-10,12-13,20H,4-5,11,14H2,1-3H3. The molecule has 0 saturated heterocycles. The molecule has 2 aromatic rings. The Morgan fingerprint density at radius 3 is 2.55 bits per heavy atom. The summed E-state index contributed by atoms with van der Waals surface area (Å²) in [5, 5.41) is 3.44. The van der Waals surface area contributed by atoms with Crippen LogP contribution in [-0.4, -0.2) is 13.2 Å². The lowest BCUT2D eigenvalue weighted by Crippen LogP contribution is -2.03. The Bertz CT molecular complexity index is 596.